The maximum absolute atomic E-state index is 11.5. The van der Waals surface area contributed by atoms with Crippen molar-refractivity contribution in [1.29, 1.82) is 0 Å². The number of carbonyl (C=O) groups excluding carboxylic acids is 1. The maximum atomic E-state index is 11.5. The Hall–Kier alpha value is -2.30. The number of ether oxygens (including phenoxy) is 2. The van der Waals surface area contributed by atoms with Crippen molar-refractivity contribution in [1.82, 2.24) is 4.98 Å². The summed E-state index contributed by atoms with van der Waals surface area (Å²) >= 11 is 0. The molecule has 3 unspecified atom stereocenters. The van der Waals surface area contributed by atoms with Crippen LogP contribution in [0.4, 0.5) is 5.82 Å². The fourth-order valence-electron chi connectivity index (χ4n) is 4.05. The molecule has 23 heavy (non-hydrogen) atoms. The van der Waals surface area contributed by atoms with Gasteiger partial charge in [-0.2, -0.15) is 0 Å². The highest BCUT2D eigenvalue weighted by atomic mass is 16.5. The predicted molar refractivity (Wildman–Crippen MR) is 83.7 cm³/mol. The van der Waals surface area contributed by atoms with Gasteiger partial charge in [0.2, 0.25) is 5.91 Å². The Morgan fingerprint density at radius 3 is 3.22 bits per heavy atom. The highest BCUT2D eigenvalue weighted by molar-refractivity contribution is 5.93. The lowest BCUT2D eigenvalue weighted by atomic mass is 9.77. The number of aromatic nitrogens is 1. The minimum atomic E-state index is 0.0157. The topological polar surface area (TPSA) is 60.5 Å². The van der Waals surface area contributed by atoms with Crippen molar-refractivity contribution in [2.45, 2.75) is 38.7 Å². The zero-order valence-electron chi connectivity index (χ0n) is 13.0. The summed E-state index contributed by atoms with van der Waals surface area (Å²) < 4.78 is 12.1. The van der Waals surface area contributed by atoms with E-state index < -0.39 is 0 Å². The van der Waals surface area contributed by atoms with E-state index in [-0.39, 0.29) is 11.3 Å². The average Bonchev–Trinajstić information content (AvgIpc) is 3.25. The van der Waals surface area contributed by atoms with Crippen molar-refractivity contribution in [2.24, 2.45) is 11.3 Å². The minimum absolute atomic E-state index is 0.0157. The molecule has 2 aliphatic carbocycles. The molecule has 2 fully saturated rings. The van der Waals surface area contributed by atoms with Gasteiger partial charge < -0.3 is 14.8 Å². The zero-order valence-corrected chi connectivity index (χ0v) is 13.0. The van der Waals surface area contributed by atoms with Gasteiger partial charge in [-0.15, -0.1) is 0 Å². The zero-order chi connectivity index (χ0) is 15.6. The van der Waals surface area contributed by atoms with Crippen LogP contribution in [0.2, 0.25) is 0 Å². The number of nitrogens with zero attached hydrogens (tertiary/aromatic N) is 1. The molecular weight excluding hydrogens is 292 g/mol. The van der Waals surface area contributed by atoms with Crippen LogP contribution >= 0.6 is 0 Å². The van der Waals surface area contributed by atoms with E-state index in [0.29, 0.717) is 30.7 Å². The first-order valence-electron chi connectivity index (χ1n) is 8.17. The molecular formula is C18H18N2O3. The van der Waals surface area contributed by atoms with Crippen molar-refractivity contribution in [3.8, 4) is 5.75 Å². The van der Waals surface area contributed by atoms with Crippen molar-refractivity contribution in [3.05, 3.63) is 41.5 Å². The summed E-state index contributed by atoms with van der Waals surface area (Å²) in [4.78, 5) is 15.8. The van der Waals surface area contributed by atoms with E-state index in [1.165, 1.54) is 0 Å². The van der Waals surface area contributed by atoms with Crippen LogP contribution in [0.3, 0.4) is 0 Å². The number of fused-ring (bicyclic) bond motifs is 4. The van der Waals surface area contributed by atoms with E-state index >= 15 is 0 Å². The third-order valence-corrected chi connectivity index (χ3v) is 5.47. The molecule has 0 radical (unpaired) electrons. The first kappa shape index (κ1) is 13.2. The summed E-state index contributed by atoms with van der Waals surface area (Å²) in [7, 11) is 0. The van der Waals surface area contributed by atoms with Gasteiger partial charge in [0.25, 0.3) is 0 Å². The molecule has 5 nitrogen and oxygen atoms in total. The van der Waals surface area contributed by atoms with Crippen molar-refractivity contribution < 1.29 is 14.3 Å². The molecule has 0 spiro atoms. The van der Waals surface area contributed by atoms with E-state index in [0.717, 1.165) is 35.7 Å². The van der Waals surface area contributed by atoms with Gasteiger partial charge in [0.1, 0.15) is 29.2 Å². The number of carbonyl (C=O) groups is 1. The largest absolute Gasteiger partial charge is 0.494 e. The fourth-order valence-corrected chi connectivity index (χ4v) is 4.05. The van der Waals surface area contributed by atoms with Gasteiger partial charge in [-0.25, -0.2) is 4.98 Å². The summed E-state index contributed by atoms with van der Waals surface area (Å²) in [6, 6.07) is 1.88. The van der Waals surface area contributed by atoms with Crippen molar-refractivity contribution in [2.75, 3.05) is 5.32 Å². The number of allylic oxidation sites excluding steroid dienone is 4. The molecule has 3 heterocycles. The summed E-state index contributed by atoms with van der Waals surface area (Å²) in [6.45, 7) is 2.27. The number of hydrogen-bond donors (Lipinski definition) is 1. The molecule has 3 atom stereocenters. The van der Waals surface area contributed by atoms with Crippen LogP contribution in [0.25, 0.3) is 0 Å². The maximum Gasteiger partial charge on any atom is 0.225 e. The third-order valence-electron chi connectivity index (χ3n) is 5.47. The van der Waals surface area contributed by atoms with Crippen LogP contribution in [0, 0.1) is 11.3 Å². The first-order valence-corrected chi connectivity index (χ1v) is 8.17. The standard InChI is InChI=1S/C18H18N2O3/c1-18-9-10(2-4-15(18)23-14-8-12(14)18)22-13-6-7-19-17-11(13)3-5-16(21)20-17/h2,4,6-7,12,14H,3,5,8-9H2,1H3,(H,19,20,21). The molecule has 4 aliphatic rings. The van der Waals surface area contributed by atoms with Crippen molar-refractivity contribution >= 4 is 11.7 Å². The van der Waals surface area contributed by atoms with E-state index in [2.05, 4.69) is 23.3 Å². The molecule has 2 aliphatic heterocycles. The van der Waals surface area contributed by atoms with Gasteiger partial charge in [0.15, 0.2) is 0 Å². The number of anilines is 1. The summed E-state index contributed by atoms with van der Waals surface area (Å²) in [5.41, 5.74) is 1.07. The SMILES string of the molecule is CC12CC(Oc3ccnc4c3CCC(=O)N4)=CC=C1OC1CC12. The Labute approximate surface area is 134 Å². The van der Waals surface area contributed by atoms with Crippen LogP contribution in [-0.4, -0.2) is 17.0 Å². The van der Waals surface area contributed by atoms with Crippen LogP contribution in [-0.2, 0) is 16.0 Å². The van der Waals surface area contributed by atoms with E-state index in [1.807, 2.05) is 12.1 Å². The molecule has 5 heteroatoms. The molecule has 1 aromatic heterocycles. The Morgan fingerprint density at radius 2 is 2.30 bits per heavy atom. The lowest BCUT2D eigenvalue weighted by Crippen LogP contribution is -2.24. The van der Waals surface area contributed by atoms with Crippen LogP contribution in [0.5, 0.6) is 5.75 Å². The summed E-state index contributed by atoms with van der Waals surface area (Å²) in [5.74, 6) is 4.14. The van der Waals surface area contributed by atoms with Gasteiger partial charge in [-0.1, -0.05) is 6.92 Å². The highest BCUT2D eigenvalue weighted by Gasteiger charge is 2.61. The molecule has 1 saturated carbocycles. The van der Waals surface area contributed by atoms with Gasteiger partial charge >= 0.3 is 0 Å². The Balaban J connectivity index is 1.43. The number of nitrogens with one attached hydrogen (secondary N) is 1. The monoisotopic (exact) mass is 310 g/mol. The van der Waals surface area contributed by atoms with E-state index in [9.17, 15) is 4.79 Å². The molecule has 1 amide bonds. The molecule has 0 aromatic carbocycles. The average molecular weight is 310 g/mol. The summed E-state index contributed by atoms with van der Waals surface area (Å²) in [6.07, 6.45) is 9.35. The normalized spacial score (nSPS) is 33.3. The Kier molecular flexibility index (Phi) is 2.50. The minimum Gasteiger partial charge on any atom is -0.494 e. The third kappa shape index (κ3) is 1.92. The molecule has 1 aromatic rings. The Morgan fingerprint density at radius 1 is 1.39 bits per heavy atom. The molecule has 1 N–H and O–H groups in total. The van der Waals surface area contributed by atoms with Crippen LogP contribution in [0.1, 0.15) is 31.7 Å². The predicted octanol–water partition coefficient (Wildman–Crippen LogP) is 2.94. The Bertz CT molecular complexity index is 782. The second-order valence-corrected chi connectivity index (χ2v) is 7.04. The quantitative estimate of drug-likeness (QED) is 0.912. The molecule has 0 bridgehead atoms. The molecule has 5 rings (SSSR count). The smallest absolute Gasteiger partial charge is 0.225 e. The van der Waals surface area contributed by atoms with Gasteiger partial charge in [-0.05, 0) is 31.1 Å². The highest BCUT2D eigenvalue weighted by Crippen LogP contribution is 2.62. The number of hydrogen-bond acceptors (Lipinski definition) is 4. The van der Waals surface area contributed by atoms with E-state index in [1.54, 1.807) is 6.20 Å². The molecule has 118 valence electrons. The lowest BCUT2D eigenvalue weighted by molar-refractivity contribution is -0.116. The number of amides is 1. The van der Waals surface area contributed by atoms with Crippen molar-refractivity contribution in [3.63, 3.8) is 0 Å². The van der Waals surface area contributed by atoms with E-state index in [4.69, 9.17) is 9.47 Å². The second-order valence-electron chi connectivity index (χ2n) is 7.04. The number of pyridine rings is 1. The fraction of sp³-hybridized carbons (Fsp3) is 0.444. The van der Waals surface area contributed by atoms with Crippen LogP contribution < -0.4 is 10.1 Å². The summed E-state index contributed by atoms with van der Waals surface area (Å²) in [5, 5.41) is 2.81. The van der Waals surface area contributed by atoms with Gasteiger partial charge in [0, 0.05) is 35.9 Å². The lowest BCUT2D eigenvalue weighted by Gasteiger charge is -2.30. The van der Waals surface area contributed by atoms with Gasteiger partial charge in [0.05, 0.1) is 0 Å². The van der Waals surface area contributed by atoms with Crippen LogP contribution in [0.15, 0.2) is 35.9 Å². The van der Waals surface area contributed by atoms with Gasteiger partial charge in [-0.3, -0.25) is 4.79 Å². The second kappa shape index (κ2) is 4.37. The first-order chi connectivity index (χ1) is 11.1. The number of rotatable bonds is 2. The molecule has 1 saturated heterocycles.